The van der Waals surface area contributed by atoms with E-state index < -0.39 is 0 Å². The fourth-order valence-electron chi connectivity index (χ4n) is 0.682. The number of nitrogens with zero attached hydrogens (tertiary/aromatic N) is 1. The van der Waals surface area contributed by atoms with E-state index in [9.17, 15) is 4.79 Å². The molecule has 0 aromatic carbocycles. The summed E-state index contributed by atoms with van der Waals surface area (Å²) >= 11 is 1.40. The van der Waals surface area contributed by atoms with Gasteiger partial charge in [0.1, 0.15) is 5.69 Å². The second-order valence-corrected chi connectivity index (χ2v) is 2.84. The second kappa shape index (κ2) is 4.84. The highest BCUT2D eigenvalue weighted by atomic mass is 32.1. The van der Waals surface area contributed by atoms with Crippen molar-refractivity contribution in [2.75, 3.05) is 20.3 Å². The summed E-state index contributed by atoms with van der Waals surface area (Å²) in [4.78, 5) is 15.0. The predicted octanol–water partition coefficient (Wildman–Crippen LogP) is 0.519. The van der Waals surface area contributed by atoms with Crippen molar-refractivity contribution in [3.8, 4) is 0 Å². The molecule has 0 atom stereocenters. The van der Waals surface area contributed by atoms with Gasteiger partial charge in [-0.1, -0.05) is 0 Å². The molecule has 0 saturated heterocycles. The van der Waals surface area contributed by atoms with E-state index in [4.69, 9.17) is 4.74 Å². The lowest BCUT2D eigenvalue weighted by Crippen LogP contribution is -2.27. The largest absolute Gasteiger partial charge is 0.383 e. The van der Waals surface area contributed by atoms with Gasteiger partial charge >= 0.3 is 0 Å². The number of nitrogens with one attached hydrogen (secondary N) is 1. The molecule has 1 rings (SSSR count). The van der Waals surface area contributed by atoms with Gasteiger partial charge in [0.2, 0.25) is 0 Å². The summed E-state index contributed by atoms with van der Waals surface area (Å²) in [5.41, 5.74) is 2.10. The Labute approximate surface area is 74.6 Å². The van der Waals surface area contributed by atoms with Gasteiger partial charge in [0.25, 0.3) is 5.91 Å². The first-order valence-electron chi connectivity index (χ1n) is 3.50. The van der Waals surface area contributed by atoms with Crippen molar-refractivity contribution < 1.29 is 9.53 Å². The van der Waals surface area contributed by atoms with Crippen molar-refractivity contribution in [3.63, 3.8) is 0 Å². The Morgan fingerprint density at radius 3 is 3.25 bits per heavy atom. The van der Waals surface area contributed by atoms with Crippen molar-refractivity contribution in [1.29, 1.82) is 0 Å². The number of rotatable bonds is 4. The molecule has 1 aromatic heterocycles. The molecule has 0 fully saturated rings. The van der Waals surface area contributed by atoms with Crippen LogP contribution in [0.5, 0.6) is 0 Å². The van der Waals surface area contributed by atoms with E-state index in [-0.39, 0.29) is 5.91 Å². The number of carbonyl (C=O) groups excluding carboxylic acids is 1. The van der Waals surface area contributed by atoms with Crippen LogP contribution in [-0.4, -0.2) is 31.2 Å². The highest BCUT2D eigenvalue weighted by Crippen LogP contribution is 1.99. The minimum atomic E-state index is -0.145. The Balaban J connectivity index is 2.30. The van der Waals surface area contributed by atoms with E-state index in [1.54, 1.807) is 18.0 Å². The van der Waals surface area contributed by atoms with E-state index in [0.717, 1.165) is 0 Å². The Bertz CT molecular complexity index is 236. The normalized spacial score (nSPS) is 9.75. The molecule has 0 saturated carbocycles. The van der Waals surface area contributed by atoms with E-state index in [1.165, 1.54) is 11.3 Å². The number of hydrogen-bond acceptors (Lipinski definition) is 4. The third kappa shape index (κ3) is 2.60. The zero-order valence-electron chi connectivity index (χ0n) is 6.74. The average Bonchev–Trinajstić information content (AvgIpc) is 2.56. The quantitative estimate of drug-likeness (QED) is 0.697. The average molecular weight is 186 g/mol. The van der Waals surface area contributed by atoms with E-state index in [2.05, 4.69) is 10.3 Å². The first-order valence-corrected chi connectivity index (χ1v) is 4.44. The van der Waals surface area contributed by atoms with E-state index in [1.807, 2.05) is 0 Å². The third-order valence-corrected chi connectivity index (χ3v) is 1.84. The molecule has 0 aliphatic heterocycles. The summed E-state index contributed by atoms with van der Waals surface area (Å²) < 4.78 is 4.78. The highest BCUT2D eigenvalue weighted by Gasteiger charge is 2.04. The second-order valence-electron chi connectivity index (χ2n) is 2.12. The standard InChI is InChI=1S/C7H10N2O2S/c1-11-3-2-8-7(10)6-4-12-5-9-6/h4-5H,2-3H2,1H3,(H,8,10). The number of ether oxygens (including phenoxy) is 1. The van der Waals surface area contributed by atoms with E-state index in [0.29, 0.717) is 18.8 Å². The van der Waals surface area contributed by atoms with Crippen LogP contribution in [0.4, 0.5) is 0 Å². The Morgan fingerprint density at radius 2 is 2.67 bits per heavy atom. The van der Waals surface area contributed by atoms with Crippen LogP contribution in [0.1, 0.15) is 10.5 Å². The maximum atomic E-state index is 11.2. The smallest absolute Gasteiger partial charge is 0.270 e. The molecule has 4 nitrogen and oxygen atoms in total. The Kier molecular flexibility index (Phi) is 3.69. The maximum absolute atomic E-state index is 11.2. The van der Waals surface area contributed by atoms with Gasteiger partial charge < -0.3 is 10.1 Å². The summed E-state index contributed by atoms with van der Waals surface area (Å²) in [5, 5.41) is 4.38. The van der Waals surface area contributed by atoms with Gasteiger partial charge in [-0.3, -0.25) is 4.79 Å². The van der Waals surface area contributed by atoms with Crippen LogP contribution in [0.3, 0.4) is 0 Å². The SMILES string of the molecule is COCCNC(=O)c1cscn1. The molecule has 0 radical (unpaired) electrons. The van der Waals surface area contributed by atoms with Crippen LogP contribution >= 0.6 is 11.3 Å². The molecule has 0 spiro atoms. The van der Waals surface area contributed by atoms with Crippen molar-refractivity contribution in [1.82, 2.24) is 10.3 Å². The van der Waals surface area contributed by atoms with Crippen molar-refractivity contribution in [3.05, 3.63) is 16.6 Å². The van der Waals surface area contributed by atoms with Gasteiger partial charge in [-0.2, -0.15) is 0 Å². The minimum Gasteiger partial charge on any atom is -0.383 e. The number of thiazole rings is 1. The maximum Gasteiger partial charge on any atom is 0.270 e. The van der Waals surface area contributed by atoms with Crippen molar-refractivity contribution in [2.45, 2.75) is 0 Å². The highest BCUT2D eigenvalue weighted by molar-refractivity contribution is 7.07. The molecule has 1 amide bonds. The van der Waals surface area contributed by atoms with Gasteiger partial charge in [-0.15, -0.1) is 11.3 Å². The first-order chi connectivity index (χ1) is 5.84. The summed E-state index contributed by atoms with van der Waals surface area (Å²) in [5.74, 6) is -0.145. The molecule has 0 unspecified atom stereocenters. The summed E-state index contributed by atoms with van der Waals surface area (Å²) in [6.45, 7) is 1.04. The fourth-order valence-corrected chi connectivity index (χ4v) is 1.21. The van der Waals surface area contributed by atoms with Crippen LogP contribution in [0.25, 0.3) is 0 Å². The minimum absolute atomic E-state index is 0.145. The predicted molar refractivity (Wildman–Crippen MR) is 46.3 cm³/mol. The van der Waals surface area contributed by atoms with Crippen molar-refractivity contribution >= 4 is 17.2 Å². The summed E-state index contributed by atoms with van der Waals surface area (Å²) in [6, 6.07) is 0. The lowest BCUT2D eigenvalue weighted by molar-refractivity contribution is 0.0933. The van der Waals surface area contributed by atoms with Gasteiger partial charge in [-0.05, 0) is 0 Å². The number of hydrogen-bond donors (Lipinski definition) is 1. The van der Waals surface area contributed by atoms with Crippen LogP contribution in [0.15, 0.2) is 10.9 Å². The van der Waals surface area contributed by atoms with Crippen molar-refractivity contribution in [2.24, 2.45) is 0 Å². The zero-order valence-corrected chi connectivity index (χ0v) is 7.56. The zero-order chi connectivity index (χ0) is 8.81. The first kappa shape index (κ1) is 9.15. The number of carbonyl (C=O) groups is 1. The van der Waals surface area contributed by atoms with Crippen LogP contribution in [0, 0.1) is 0 Å². The van der Waals surface area contributed by atoms with Crippen LogP contribution in [0.2, 0.25) is 0 Å². The molecule has 66 valence electrons. The molecule has 0 aliphatic rings. The molecule has 1 aromatic rings. The molecular formula is C7H10N2O2S. The molecule has 12 heavy (non-hydrogen) atoms. The van der Waals surface area contributed by atoms with Gasteiger partial charge in [0.15, 0.2) is 0 Å². The fraction of sp³-hybridized carbons (Fsp3) is 0.429. The lowest BCUT2D eigenvalue weighted by Gasteiger charge is -2.00. The summed E-state index contributed by atoms with van der Waals surface area (Å²) in [6.07, 6.45) is 0. The molecule has 5 heteroatoms. The molecule has 0 bridgehead atoms. The topological polar surface area (TPSA) is 51.2 Å². The molecule has 0 aliphatic carbocycles. The third-order valence-electron chi connectivity index (χ3n) is 1.26. The van der Waals surface area contributed by atoms with Crippen LogP contribution in [-0.2, 0) is 4.74 Å². The number of methoxy groups -OCH3 is 1. The van der Waals surface area contributed by atoms with E-state index >= 15 is 0 Å². The number of aromatic nitrogens is 1. The van der Waals surface area contributed by atoms with Gasteiger partial charge in [0.05, 0.1) is 12.1 Å². The lowest BCUT2D eigenvalue weighted by atomic mass is 10.4. The Hall–Kier alpha value is -0.940. The van der Waals surface area contributed by atoms with Gasteiger partial charge in [-0.25, -0.2) is 4.98 Å². The Morgan fingerprint density at radius 1 is 1.83 bits per heavy atom. The number of amides is 1. The molecule has 1 heterocycles. The monoisotopic (exact) mass is 186 g/mol. The van der Waals surface area contributed by atoms with Gasteiger partial charge in [0, 0.05) is 19.0 Å². The molecule has 1 N–H and O–H groups in total. The van der Waals surface area contributed by atoms with Crippen LogP contribution < -0.4 is 5.32 Å². The summed E-state index contributed by atoms with van der Waals surface area (Å²) in [7, 11) is 1.59. The molecular weight excluding hydrogens is 176 g/mol.